The van der Waals surface area contributed by atoms with Gasteiger partial charge >= 0.3 is 5.97 Å². The number of Topliss-reactive ketones (excluding diaryl/α,β-unsaturated/α-hetero) is 1. The van der Waals surface area contributed by atoms with Crippen LogP contribution in [-0.2, 0) is 14.3 Å². The molecule has 21 heavy (non-hydrogen) atoms. The number of carbonyl (C=O) groups is 2. The monoisotopic (exact) mass is 308 g/mol. The van der Waals surface area contributed by atoms with Crippen molar-refractivity contribution >= 4 is 19.8 Å². The normalized spacial score (nSPS) is 26.3. The molecule has 0 amide bonds. The van der Waals surface area contributed by atoms with Crippen molar-refractivity contribution in [3.05, 3.63) is 10.8 Å². The maximum atomic E-state index is 12.5. The number of carbonyl (C=O) groups excluding carboxylic acids is 2. The van der Waals surface area contributed by atoms with Gasteiger partial charge in [-0.1, -0.05) is 39.4 Å². The minimum atomic E-state index is -1.83. The van der Waals surface area contributed by atoms with Crippen molar-refractivity contribution in [2.45, 2.75) is 65.1 Å². The molecule has 0 radical (unpaired) electrons. The summed E-state index contributed by atoms with van der Waals surface area (Å²) in [7, 11) is -1.83. The van der Waals surface area contributed by atoms with Crippen LogP contribution in [0, 0.1) is 11.8 Å². The lowest BCUT2D eigenvalue weighted by Gasteiger charge is -2.38. The molecule has 0 aromatic heterocycles. The van der Waals surface area contributed by atoms with Crippen molar-refractivity contribution in [2.24, 2.45) is 11.8 Å². The first-order valence-electron chi connectivity index (χ1n) is 8.03. The van der Waals surface area contributed by atoms with Gasteiger partial charge in [-0.2, -0.15) is 0 Å². The summed E-state index contributed by atoms with van der Waals surface area (Å²) in [5.74, 6) is 0.541. The summed E-state index contributed by atoms with van der Waals surface area (Å²) in [6.45, 7) is 13.6. The average molecular weight is 308 g/mol. The van der Waals surface area contributed by atoms with E-state index in [2.05, 4.69) is 33.9 Å². The van der Waals surface area contributed by atoms with Crippen LogP contribution in [0.3, 0.4) is 0 Å². The van der Waals surface area contributed by atoms with Gasteiger partial charge in [-0.3, -0.25) is 9.59 Å². The molecule has 1 fully saturated rings. The fraction of sp³-hybridized carbons (Fsp3) is 0.765. The van der Waals surface area contributed by atoms with Crippen LogP contribution < -0.4 is 0 Å². The summed E-state index contributed by atoms with van der Waals surface area (Å²) in [6, 6.07) is 0. The maximum absolute atomic E-state index is 12.5. The van der Waals surface area contributed by atoms with Gasteiger partial charge in [0.25, 0.3) is 0 Å². The molecule has 0 aromatic carbocycles. The first-order chi connectivity index (χ1) is 9.59. The van der Waals surface area contributed by atoms with Crippen molar-refractivity contribution in [1.82, 2.24) is 0 Å². The van der Waals surface area contributed by atoms with Crippen LogP contribution in [0.2, 0.25) is 18.1 Å². The SMILES string of the molecule is CCOC(=O)C1CC2=C([Si](C)(C)C(C)(C)C)C(=O)CC2C1. The van der Waals surface area contributed by atoms with Crippen molar-refractivity contribution in [3.8, 4) is 0 Å². The third-order valence-electron chi connectivity index (χ3n) is 5.68. The van der Waals surface area contributed by atoms with E-state index >= 15 is 0 Å². The molecular formula is C17H28O3Si. The van der Waals surface area contributed by atoms with Crippen LogP contribution in [0.5, 0.6) is 0 Å². The van der Waals surface area contributed by atoms with Gasteiger partial charge in [0.2, 0.25) is 0 Å². The molecule has 0 aliphatic heterocycles. The van der Waals surface area contributed by atoms with Crippen molar-refractivity contribution in [1.29, 1.82) is 0 Å². The lowest BCUT2D eigenvalue weighted by molar-refractivity contribution is -0.147. The minimum Gasteiger partial charge on any atom is -0.466 e. The highest BCUT2D eigenvalue weighted by Gasteiger charge is 2.50. The number of fused-ring (bicyclic) bond motifs is 1. The third-order valence-corrected chi connectivity index (χ3v) is 11.3. The molecule has 0 N–H and O–H groups in total. The number of rotatable bonds is 3. The highest BCUT2D eigenvalue weighted by Crippen LogP contribution is 2.52. The largest absolute Gasteiger partial charge is 0.466 e. The van der Waals surface area contributed by atoms with Crippen molar-refractivity contribution < 1.29 is 14.3 Å². The van der Waals surface area contributed by atoms with Gasteiger partial charge in [-0.25, -0.2) is 0 Å². The van der Waals surface area contributed by atoms with E-state index in [4.69, 9.17) is 4.74 Å². The number of ether oxygens (including phenoxy) is 1. The van der Waals surface area contributed by atoms with E-state index in [0.717, 1.165) is 18.0 Å². The summed E-state index contributed by atoms with van der Waals surface area (Å²) in [5.41, 5.74) is 1.30. The van der Waals surface area contributed by atoms with E-state index in [-0.39, 0.29) is 16.9 Å². The molecule has 2 atom stereocenters. The zero-order chi connectivity index (χ0) is 16.0. The van der Waals surface area contributed by atoms with Gasteiger partial charge in [0.05, 0.1) is 20.6 Å². The van der Waals surface area contributed by atoms with Gasteiger partial charge in [0.15, 0.2) is 5.78 Å². The predicted octanol–water partition coefficient (Wildman–Crippen LogP) is 3.89. The molecule has 118 valence electrons. The lowest BCUT2D eigenvalue weighted by Crippen LogP contribution is -2.42. The molecule has 2 aliphatic rings. The van der Waals surface area contributed by atoms with Crippen molar-refractivity contribution in [3.63, 3.8) is 0 Å². The fourth-order valence-electron chi connectivity index (χ4n) is 3.58. The Morgan fingerprint density at radius 3 is 2.43 bits per heavy atom. The maximum Gasteiger partial charge on any atom is 0.309 e. The molecular weight excluding hydrogens is 280 g/mol. The Kier molecular flexibility index (Phi) is 4.22. The van der Waals surface area contributed by atoms with E-state index in [1.165, 1.54) is 5.57 Å². The Morgan fingerprint density at radius 2 is 1.90 bits per heavy atom. The van der Waals surface area contributed by atoms with E-state index in [0.29, 0.717) is 24.7 Å². The molecule has 1 saturated carbocycles. The van der Waals surface area contributed by atoms with Crippen LogP contribution in [0.4, 0.5) is 0 Å². The molecule has 0 spiro atoms. The Labute approximate surface area is 129 Å². The second-order valence-electron chi connectivity index (χ2n) is 7.99. The summed E-state index contributed by atoms with van der Waals surface area (Å²) in [4.78, 5) is 24.5. The molecule has 4 heteroatoms. The zero-order valence-corrected chi connectivity index (χ0v) is 15.2. The van der Waals surface area contributed by atoms with Crippen LogP contribution in [-0.4, -0.2) is 26.4 Å². The molecule has 3 nitrogen and oxygen atoms in total. The molecule has 0 bridgehead atoms. The number of hydrogen-bond donors (Lipinski definition) is 0. The van der Waals surface area contributed by atoms with Gasteiger partial charge in [-0.15, -0.1) is 0 Å². The number of ketones is 1. The molecule has 2 unspecified atom stereocenters. The lowest BCUT2D eigenvalue weighted by atomic mass is 10.0. The molecule has 0 heterocycles. The third kappa shape index (κ3) is 2.74. The van der Waals surface area contributed by atoms with Gasteiger partial charge in [-0.05, 0) is 35.9 Å². The van der Waals surface area contributed by atoms with Gasteiger partial charge in [0, 0.05) is 6.42 Å². The zero-order valence-electron chi connectivity index (χ0n) is 14.2. The van der Waals surface area contributed by atoms with E-state index < -0.39 is 8.07 Å². The summed E-state index contributed by atoms with van der Waals surface area (Å²) in [6.07, 6.45) is 2.17. The van der Waals surface area contributed by atoms with Crippen LogP contribution in [0.25, 0.3) is 0 Å². The number of allylic oxidation sites excluding steroid dienone is 2. The molecule has 0 saturated heterocycles. The fourth-order valence-corrected chi connectivity index (χ4v) is 6.24. The quantitative estimate of drug-likeness (QED) is 0.587. The topological polar surface area (TPSA) is 43.4 Å². The van der Waals surface area contributed by atoms with Crippen LogP contribution in [0.15, 0.2) is 10.8 Å². The van der Waals surface area contributed by atoms with Crippen LogP contribution >= 0.6 is 0 Å². The Bertz CT molecular complexity index is 497. The Hall–Kier alpha value is -0.903. The van der Waals surface area contributed by atoms with Crippen molar-refractivity contribution in [2.75, 3.05) is 6.61 Å². The summed E-state index contributed by atoms with van der Waals surface area (Å²) < 4.78 is 5.17. The summed E-state index contributed by atoms with van der Waals surface area (Å²) in [5, 5.41) is 1.29. The second kappa shape index (κ2) is 5.38. The van der Waals surface area contributed by atoms with Gasteiger partial charge < -0.3 is 4.74 Å². The highest BCUT2D eigenvalue weighted by molar-refractivity contribution is 6.91. The van der Waals surface area contributed by atoms with Gasteiger partial charge in [0.1, 0.15) is 0 Å². The van der Waals surface area contributed by atoms with E-state index in [9.17, 15) is 9.59 Å². The van der Waals surface area contributed by atoms with Crippen LogP contribution in [0.1, 0.15) is 47.0 Å². The second-order valence-corrected chi connectivity index (χ2v) is 13.2. The van der Waals surface area contributed by atoms with E-state index in [1.807, 2.05) is 6.92 Å². The Morgan fingerprint density at radius 1 is 1.29 bits per heavy atom. The summed E-state index contributed by atoms with van der Waals surface area (Å²) >= 11 is 0. The smallest absolute Gasteiger partial charge is 0.309 e. The Balaban J connectivity index is 2.33. The molecule has 0 aromatic rings. The highest BCUT2D eigenvalue weighted by atomic mass is 28.3. The first-order valence-corrected chi connectivity index (χ1v) is 11.0. The molecule has 2 aliphatic carbocycles. The minimum absolute atomic E-state index is 0.0298. The molecule has 2 rings (SSSR count). The number of esters is 1. The van der Waals surface area contributed by atoms with E-state index in [1.54, 1.807) is 0 Å². The average Bonchev–Trinajstić information content (AvgIpc) is 2.83. The number of hydrogen-bond acceptors (Lipinski definition) is 3. The standard InChI is InChI=1S/C17H28O3Si/c1-7-20-16(19)12-8-11-10-14(18)15(13(11)9-12)21(5,6)17(2,3)4/h11-12H,7-10H2,1-6H3. The predicted molar refractivity (Wildman–Crippen MR) is 86.7 cm³/mol. The first kappa shape index (κ1) is 16.5.